The summed E-state index contributed by atoms with van der Waals surface area (Å²) in [5, 5.41) is 15.6. The van der Waals surface area contributed by atoms with Gasteiger partial charge < -0.3 is 16.2 Å². The third kappa shape index (κ3) is 2.58. The maximum absolute atomic E-state index is 12.4. The molecule has 0 radical (unpaired) electrons. The number of nitrogens with two attached hydrogens (primary N) is 1. The molecule has 0 bridgehead atoms. The van der Waals surface area contributed by atoms with E-state index in [0.29, 0.717) is 13.0 Å². The second-order valence-electron chi connectivity index (χ2n) is 6.86. The molecular formula is C18H21ClN2O2S. The number of nitrogens with one attached hydrogen (secondary N) is 1. The number of thioether (sulfide) groups is 1. The van der Waals surface area contributed by atoms with E-state index in [4.69, 9.17) is 17.3 Å². The predicted molar refractivity (Wildman–Crippen MR) is 96.8 cm³/mol. The van der Waals surface area contributed by atoms with Gasteiger partial charge in [-0.3, -0.25) is 4.79 Å². The fourth-order valence-corrected chi connectivity index (χ4v) is 5.96. The number of hydrogen-bond acceptors (Lipinski definition) is 4. The van der Waals surface area contributed by atoms with E-state index >= 15 is 0 Å². The zero-order valence-corrected chi connectivity index (χ0v) is 14.7. The first kappa shape index (κ1) is 16.5. The van der Waals surface area contributed by atoms with E-state index in [-0.39, 0.29) is 40.3 Å². The minimum Gasteiger partial charge on any atom is -0.392 e. The van der Waals surface area contributed by atoms with Crippen molar-refractivity contribution in [3.63, 3.8) is 0 Å². The highest BCUT2D eigenvalue weighted by Gasteiger charge is 2.54. The number of allylic oxidation sites excluding steroid dienone is 1. The van der Waals surface area contributed by atoms with Gasteiger partial charge >= 0.3 is 0 Å². The van der Waals surface area contributed by atoms with Crippen LogP contribution in [0.1, 0.15) is 23.5 Å². The lowest BCUT2D eigenvalue weighted by atomic mass is 9.63. The van der Waals surface area contributed by atoms with Crippen LogP contribution in [0.3, 0.4) is 0 Å². The average Bonchev–Trinajstić information content (AvgIpc) is 3.07. The molecule has 128 valence electrons. The summed E-state index contributed by atoms with van der Waals surface area (Å²) in [5.74, 6) is 0.252. The van der Waals surface area contributed by atoms with Gasteiger partial charge in [0.2, 0.25) is 5.91 Å². The number of rotatable bonds is 2. The predicted octanol–water partition coefficient (Wildman–Crippen LogP) is 1.96. The summed E-state index contributed by atoms with van der Waals surface area (Å²) in [4.78, 5) is 12.4. The molecule has 1 saturated heterocycles. The SMILES string of the molecule is NCc1ccc(C2C(O)CC(Cl)C3NC(=O)C4SC=CC4C32)cc1. The number of fused-ring (bicyclic) bond motifs is 3. The molecule has 2 fully saturated rings. The summed E-state index contributed by atoms with van der Waals surface area (Å²) < 4.78 is 0. The van der Waals surface area contributed by atoms with Crippen LogP contribution in [0.4, 0.5) is 0 Å². The number of carbonyl (C=O) groups is 1. The van der Waals surface area contributed by atoms with Crippen LogP contribution >= 0.6 is 23.4 Å². The molecule has 3 aliphatic rings. The van der Waals surface area contributed by atoms with Gasteiger partial charge in [-0.15, -0.1) is 23.4 Å². The lowest BCUT2D eigenvalue weighted by molar-refractivity contribution is -0.126. The molecule has 7 atom stereocenters. The van der Waals surface area contributed by atoms with Crippen molar-refractivity contribution in [1.82, 2.24) is 5.32 Å². The van der Waals surface area contributed by atoms with E-state index in [0.717, 1.165) is 11.1 Å². The van der Waals surface area contributed by atoms with Crippen molar-refractivity contribution in [3.05, 3.63) is 46.9 Å². The van der Waals surface area contributed by atoms with Gasteiger partial charge in [0.05, 0.1) is 16.7 Å². The first-order valence-corrected chi connectivity index (χ1v) is 9.71. The van der Waals surface area contributed by atoms with Crippen molar-refractivity contribution in [2.75, 3.05) is 0 Å². The number of aliphatic hydroxyl groups is 1. The molecule has 1 amide bonds. The number of aliphatic hydroxyl groups excluding tert-OH is 1. The maximum atomic E-state index is 12.4. The van der Waals surface area contributed by atoms with Crippen LogP contribution in [0.2, 0.25) is 0 Å². The van der Waals surface area contributed by atoms with Gasteiger partial charge in [-0.1, -0.05) is 30.3 Å². The first-order valence-electron chi connectivity index (χ1n) is 8.33. The van der Waals surface area contributed by atoms with Crippen molar-refractivity contribution < 1.29 is 9.90 Å². The summed E-state index contributed by atoms with van der Waals surface area (Å²) in [6, 6.07) is 8.04. The molecule has 1 aliphatic carbocycles. The Labute approximate surface area is 150 Å². The van der Waals surface area contributed by atoms with E-state index < -0.39 is 6.10 Å². The van der Waals surface area contributed by atoms with Crippen molar-refractivity contribution in [1.29, 1.82) is 0 Å². The van der Waals surface area contributed by atoms with Crippen molar-refractivity contribution in [3.8, 4) is 0 Å². The molecule has 24 heavy (non-hydrogen) atoms. The molecule has 1 aromatic carbocycles. The highest BCUT2D eigenvalue weighted by atomic mass is 35.5. The quantitative estimate of drug-likeness (QED) is 0.701. The summed E-state index contributed by atoms with van der Waals surface area (Å²) in [5.41, 5.74) is 7.86. The molecule has 0 spiro atoms. The van der Waals surface area contributed by atoms with Crippen LogP contribution in [-0.4, -0.2) is 33.8 Å². The van der Waals surface area contributed by atoms with Crippen LogP contribution in [0, 0.1) is 11.8 Å². The number of hydrogen-bond donors (Lipinski definition) is 3. The zero-order valence-electron chi connectivity index (χ0n) is 13.1. The molecule has 4 nitrogen and oxygen atoms in total. The molecular weight excluding hydrogens is 344 g/mol. The van der Waals surface area contributed by atoms with Gasteiger partial charge in [-0.05, 0) is 28.9 Å². The van der Waals surface area contributed by atoms with Gasteiger partial charge in [-0.25, -0.2) is 0 Å². The lowest BCUT2D eigenvalue weighted by Crippen LogP contribution is -2.63. The number of piperidine rings is 1. The second-order valence-corrected chi connectivity index (χ2v) is 8.48. The molecule has 6 heteroatoms. The van der Waals surface area contributed by atoms with Gasteiger partial charge in [0, 0.05) is 24.4 Å². The van der Waals surface area contributed by atoms with Crippen LogP contribution in [0.15, 0.2) is 35.7 Å². The summed E-state index contributed by atoms with van der Waals surface area (Å²) in [7, 11) is 0. The largest absolute Gasteiger partial charge is 0.392 e. The van der Waals surface area contributed by atoms with Crippen LogP contribution < -0.4 is 11.1 Å². The molecule has 2 aliphatic heterocycles. The standard InChI is InChI=1S/C18H21ClN2O2S/c19-12-7-13(22)14(10-3-1-9(8-20)2-4-10)15-11-5-6-24-17(11)18(23)21-16(12)15/h1-6,11-17,22H,7-8,20H2,(H,21,23). The Bertz CT molecular complexity index is 665. The monoisotopic (exact) mass is 364 g/mol. The van der Waals surface area contributed by atoms with Crippen LogP contribution in [0.5, 0.6) is 0 Å². The average molecular weight is 365 g/mol. The maximum Gasteiger partial charge on any atom is 0.234 e. The molecule has 4 rings (SSSR count). The number of halogens is 1. The fourth-order valence-electron chi connectivity index (χ4n) is 4.46. The fraction of sp³-hybridized carbons (Fsp3) is 0.500. The Hall–Kier alpha value is -1.01. The third-order valence-corrected chi connectivity index (χ3v) is 7.17. The third-order valence-electron chi connectivity index (χ3n) is 5.59. The number of amides is 1. The Kier molecular flexibility index (Phi) is 4.37. The topological polar surface area (TPSA) is 75.3 Å². The smallest absolute Gasteiger partial charge is 0.234 e. The normalized spacial score (nSPS) is 40.8. The van der Waals surface area contributed by atoms with Gasteiger partial charge in [0.25, 0.3) is 0 Å². The van der Waals surface area contributed by atoms with Gasteiger partial charge in [0.15, 0.2) is 0 Å². The lowest BCUT2D eigenvalue weighted by Gasteiger charge is -2.50. The first-order chi connectivity index (χ1) is 11.6. The zero-order chi connectivity index (χ0) is 16.8. The molecule has 4 N–H and O–H groups in total. The van der Waals surface area contributed by atoms with Gasteiger partial charge in [-0.2, -0.15) is 0 Å². The van der Waals surface area contributed by atoms with Crippen molar-refractivity contribution >= 4 is 29.3 Å². The van der Waals surface area contributed by atoms with Crippen molar-refractivity contribution in [2.45, 2.75) is 41.7 Å². The minimum absolute atomic E-state index is 0.0340. The number of carbonyl (C=O) groups excluding carboxylic acids is 1. The van der Waals surface area contributed by atoms with Crippen LogP contribution in [-0.2, 0) is 11.3 Å². The molecule has 7 unspecified atom stereocenters. The summed E-state index contributed by atoms with van der Waals surface area (Å²) in [6.07, 6.45) is 2.10. The minimum atomic E-state index is -0.507. The van der Waals surface area contributed by atoms with Crippen molar-refractivity contribution in [2.24, 2.45) is 17.6 Å². The molecule has 2 heterocycles. The van der Waals surface area contributed by atoms with Gasteiger partial charge in [0.1, 0.15) is 0 Å². The number of alkyl halides is 1. The number of benzene rings is 1. The Morgan fingerprint density at radius 1 is 1.33 bits per heavy atom. The van der Waals surface area contributed by atoms with E-state index in [9.17, 15) is 9.90 Å². The summed E-state index contributed by atoms with van der Waals surface area (Å²) >= 11 is 8.08. The summed E-state index contributed by atoms with van der Waals surface area (Å²) in [6.45, 7) is 0.503. The van der Waals surface area contributed by atoms with Crippen LogP contribution in [0.25, 0.3) is 0 Å². The molecule has 1 aromatic rings. The van der Waals surface area contributed by atoms with E-state index in [2.05, 4.69) is 23.5 Å². The highest BCUT2D eigenvalue weighted by Crippen LogP contribution is 2.51. The Morgan fingerprint density at radius 2 is 2.08 bits per heavy atom. The Balaban J connectivity index is 1.73. The molecule has 0 aromatic heterocycles. The molecule has 1 saturated carbocycles. The second kappa shape index (κ2) is 6.37. The highest BCUT2D eigenvalue weighted by molar-refractivity contribution is 8.03. The Morgan fingerprint density at radius 3 is 2.79 bits per heavy atom. The van der Waals surface area contributed by atoms with E-state index in [1.807, 2.05) is 17.5 Å². The van der Waals surface area contributed by atoms with E-state index in [1.165, 1.54) is 0 Å². The van der Waals surface area contributed by atoms with E-state index in [1.54, 1.807) is 11.8 Å².